The Labute approximate surface area is 95.5 Å². The summed E-state index contributed by atoms with van der Waals surface area (Å²) in [5.41, 5.74) is 4.85. The van der Waals surface area contributed by atoms with Crippen LogP contribution in [0.1, 0.15) is 35.8 Å². The lowest BCUT2D eigenvalue weighted by Gasteiger charge is -2.07. The number of nitrogens with one attached hydrogen (secondary N) is 1. The predicted octanol–water partition coefficient (Wildman–Crippen LogP) is 2.38. The number of hydrogen-bond acceptors (Lipinski definition) is 2. The largest absolute Gasteiger partial charge is 0.309 e. The van der Waals surface area contributed by atoms with Crippen LogP contribution in [0, 0.1) is 13.8 Å². The normalized spacial score (nSPS) is 20.8. The van der Waals surface area contributed by atoms with Gasteiger partial charge in [-0.2, -0.15) is 0 Å². The lowest BCUT2D eigenvalue weighted by molar-refractivity contribution is 0.627. The van der Waals surface area contributed by atoms with Crippen molar-refractivity contribution < 1.29 is 0 Å². The average molecular weight is 215 g/mol. The van der Waals surface area contributed by atoms with E-state index in [4.69, 9.17) is 4.98 Å². The molecule has 1 N–H and O–H groups in total. The number of aromatic nitrogens is 2. The number of pyridine rings is 1. The first kappa shape index (κ1) is 9.85. The zero-order chi connectivity index (χ0) is 11.1. The Hall–Kier alpha value is -1.35. The maximum absolute atomic E-state index is 4.79. The Morgan fingerprint density at radius 3 is 3.00 bits per heavy atom. The molecule has 1 saturated heterocycles. The maximum Gasteiger partial charge on any atom is 0.140 e. The summed E-state index contributed by atoms with van der Waals surface area (Å²) >= 11 is 0. The second-order valence-corrected chi connectivity index (χ2v) is 4.62. The minimum absolute atomic E-state index is 0.458. The van der Waals surface area contributed by atoms with Gasteiger partial charge in [0.15, 0.2) is 0 Å². The Balaban J connectivity index is 2.18. The van der Waals surface area contributed by atoms with Crippen LogP contribution in [0.5, 0.6) is 0 Å². The van der Waals surface area contributed by atoms with Crippen LogP contribution < -0.4 is 5.32 Å². The molecule has 1 unspecified atom stereocenters. The Bertz CT molecular complexity index is 521. The van der Waals surface area contributed by atoms with Gasteiger partial charge in [0.25, 0.3) is 0 Å². The molecule has 0 aliphatic carbocycles. The van der Waals surface area contributed by atoms with Gasteiger partial charge in [0, 0.05) is 11.9 Å². The highest BCUT2D eigenvalue weighted by molar-refractivity contribution is 5.50. The number of nitrogens with zero attached hydrogens (tertiary/aromatic N) is 2. The van der Waals surface area contributed by atoms with Gasteiger partial charge in [0.05, 0.1) is 11.7 Å². The van der Waals surface area contributed by atoms with E-state index in [0.29, 0.717) is 6.04 Å². The number of hydrogen-bond donors (Lipinski definition) is 1. The van der Waals surface area contributed by atoms with Crippen molar-refractivity contribution in [1.29, 1.82) is 0 Å². The van der Waals surface area contributed by atoms with Crippen LogP contribution in [0.3, 0.4) is 0 Å². The molecular weight excluding hydrogens is 198 g/mol. The van der Waals surface area contributed by atoms with E-state index < -0.39 is 0 Å². The number of aryl methyl sites for hydroxylation is 2. The Morgan fingerprint density at radius 1 is 1.44 bits per heavy atom. The van der Waals surface area contributed by atoms with Crippen molar-refractivity contribution in [3.63, 3.8) is 0 Å². The van der Waals surface area contributed by atoms with Gasteiger partial charge in [-0.25, -0.2) is 4.98 Å². The molecule has 3 rings (SSSR count). The van der Waals surface area contributed by atoms with Gasteiger partial charge in [-0.3, -0.25) is 0 Å². The number of rotatable bonds is 1. The molecule has 2 aromatic heterocycles. The van der Waals surface area contributed by atoms with E-state index in [9.17, 15) is 0 Å². The molecule has 3 nitrogen and oxygen atoms in total. The molecule has 0 saturated carbocycles. The summed E-state index contributed by atoms with van der Waals surface area (Å²) in [7, 11) is 0. The van der Waals surface area contributed by atoms with Crippen LogP contribution in [-0.4, -0.2) is 15.9 Å². The first-order valence-corrected chi connectivity index (χ1v) is 5.95. The first-order chi connectivity index (χ1) is 7.77. The summed E-state index contributed by atoms with van der Waals surface area (Å²) in [6.07, 6.45) is 4.57. The van der Waals surface area contributed by atoms with Crippen molar-refractivity contribution in [2.75, 3.05) is 6.54 Å². The molecule has 0 radical (unpaired) electrons. The van der Waals surface area contributed by atoms with Crippen molar-refractivity contribution in [2.24, 2.45) is 0 Å². The molecule has 3 heterocycles. The Morgan fingerprint density at radius 2 is 2.31 bits per heavy atom. The summed E-state index contributed by atoms with van der Waals surface area (Å²) in [5, 5.41) is 3.52. The first-order valence-electron chi connectivity index (χ1n) is 5.95. The third-order valence-electron chi connectivity index (χ3n) is 3.51. The van der Waals surface area contributed by atoms with Gasteiger partial charge in [-0.1, -0.05) is 6.07 Å². The zero-order valence-corrected chi connectivity index (χ0v) is 9.83. The quantitative estimate of drug-likeness (QED) is 0.791. The van der Waals surface area contributed by atoms with E-state index in [2.05, 4.69) is 41.9 Å². The van der Waals surface area contributed by atoms with Gasteiger partial charge in [0.2, 0.25) is 0 Å². The number of fused-ring (bicyclic) bond motifs is 1. The van der Waals surface area contributed by atoms with Crippen molar-refractivity contribution >= 4 is 5.65 Å². The van der Waals surface area contributed by atoms with Crippen LogP contribution in [0.15, 0.2) is 18.3 Å². The highest BCUT2D eigenvalue weighted by atomic mass is 15.1. The highest BCUT2D eigenvalue weighted by Gasteiger charge is 2.22. The van der Waals surface area contributed by atoms with Gasteiger partial charge in [-0.15, -0.1) is 0 Å². The van der Waals surface area contributed by atoms with E-state index in [-0.39, 0.29) is 0 Å². The number of imidazole rings is 1. The fraction of sp³-hybridized carbons (Fsp3) is 0.462. The summed E-state index contributed by atoms with van der Waals surface area (Å²) in [5.74, 6) is 0. The SMILES string of the molecule is Cc1cccn2c(C)c(C3CCCN3)nc12. The van der Waals surface area contributed by atoms with E-state index in [0.717, 1.165) is 12.2 Å². The average Bonchev–Trinajstić information content (AvgIpc) is 2.88. The van der Waals surface area contributed by atoms with Crippen LogP contribution in [0.25, 0.3) is 5.65 Å². The molecule has 0 aromatic carbocycles. The van der Waals surface area contributed by atoms with Gasteiger partial charge < -0.3 is 9.72 Å². The molecule has 1 fully saturated rings. The van der Waals surface area contributed by atoms with Crippen molar-refractivity contribution in [2.45, 2.75) is 32.7 Å². The molecule has 0 bridgehead atoms. The second-order valence-electron chi connectivity index (χ2n) is 4.62. The molecule has 84 valence electrons. The minimum Gasteiger partial charge on any atom is -0.309 e. The molecule has 1 atom stereocenters. The van der Waals surface area contributed by atoms with Crippen molar-refractivity contribution in [3.8, 4) is 0 Å². The van der Waals surface area contributed by atoms with E-state index in [1.807, 2.05) is 0 Å². The molecule has 16 heavy (non-hydrogen) atoms. The second kappa shape index (κ2) is 3.59. The molecule has 0 spiro atoms. The standard InChI is InChI=1S/C13H17N3/c1-9-5-4-8-16-10(2)12(15-13(9)16)11-6-3-7-14-11/h4-5,8,11,14H,3,6-7H2,1-2H3. The maximum atomic E-state index is 4.79. The monoisotopic (exact) mass is 215 g/mol. The van der Waals surface area contributed by atoms with Crippen molar-refractivity contribution in [1.82, 2.24) is 14.7 Å². The predicted molar refractivity (Wildman–Crippen MR) is 64.6 cm³/mol. The smallest absolute Gasteiger partial charge is 0.140 e. The lowest BCUT2D eigenvalue weighted by atomic mass is 10.1. The zero-order valence-electron chi connectivity index (χ0n) is 9.83. The lowest BCUT2D eigenvalue weighted by Crippen LogP contribution is -2.14. The van der Waals surface area contributed by atoms with E-state index >= 15 is 0 Å². The molecule has 1 aliphatic heterocycles. The van der Waals surface area contributed by atoms with Gasteiger partial charge in [0.1, 0.15) is 5.65 Å². The summed E-state index contributed by atoms with van der Waals surface area (Å²) < 4.78 is 2.20. The summed E-state index contributed by atoms with van der Waals surface area (Å²) in [4.78, 5) is 4.79. The molecular formula is C13H17N3. The highest BCUT2D eigenvalue weighted by Crippen LogP contribution is 2.26. The van der Waals surface area contributed by atoms with Crippen LogP contribution >= 0.6 is 0 Å². The summed E-state index contributed by atoms with van der Waals surface area (Å²) in [6.45, 7) is 5.40. The van der Waals surface area contributed by atoms with Crippen LogP contribution in [0.2, 0.25) is 0 Å². The fourth-order valence-corrected chi connectivity index (χ4v) is 2.59. The fourth-order valence-electron chi connectivity index (χ4n) is 2.59. The topological polar surface area (TPSA) is 29.3 Å². The van der Waals surface area contributed by atoms with Crippen LogP contribution in [0.4, 0.5) is 0 Å². The third kappa shape index (κ3) is 1.35. The minimum atomic E-state index is 0.458. The molecule has 1 aliphatic rings. The van der Waals surface area contributed by atoms with Gasteiger partial charge in [-0.05, 0) is 44.9 Å². The molecule has 3 heteroatoms. The molecule has 2 aromatic rings. The Kier molecular flexibility index (Phi) is 2.21. The van der Waals surface area contributed by atoms with Crippen LogP contribution in [-0.2, 0) is 0 Å². The van der Waals surface area contributed by atoms with Crippen molar-refractivity contribution in [3.05, 3.63) is 35.3 Å². The van der Waals surface area contributed by atoms with Gasteiger partial charge >= 0.3 is 0 Å². The van der Waals surface area contributed by atoms with E-state index in [1.165, 1.54) is 29.8 Å². The third-order valence-corrected chi connectivity index (χ3v) is 3.51. The molecule has 0 amide bonds. The summed E-state index contributed by atoms with van der Waals surface area (Å²) in [6, 6.07) is 4.66. The van der Waals surface area contributed by atoms with E-state index in [1.54, 1.807) is 0 Å².